The Balaban J connectivity index is 1.83. The second-order valence-electron chi connectivity index (χ2n) is 8.98. The molecule has 0 aromatic heterocycles. The minimum Gasteiger partial charge on any atom is -0.506 e. The molecular formula is C27H47NO2. The SMILES string of the molecule is CCCCCCCCCCCCCCCCCCCC(=O)Nc1cc(C)ccc1O. The van der Waals surface area contributed by atoms with Crippen LogP contribution in [-0.2, 0) is 4.79 Å². The summed E-state index contributed by atoms with van der Waals surface area (Å²) < 4.78 is 0. The van der Waals surface area contributed by atoms with Crippen molar-refractivity contribution < 1.29 is 9.90 Å². The van der Waals surface area contributed by atoms with Crippen LogP contribution < -0.4 is 5.32 Å². The first-order valence-corrected chi connectivity index (χ1v) is 12.7. The van der Waals surface area contributed by atoms with Crippen LogP contribution in [0.2, 0.25) is 0 Å². The van der Waals surface area contributed by atoms with E-state index in [1.165, 1.54) is 96.3 Å². The van der Waals surface area contributed by atoms with Gasteiger partial charge in [-0.1, -0.05) is 116 Å². The third-order valence-corrected chi connectivity index (χ3v) is 5.93. The Kier molecular flexibility index (Phi) is 16.2. The Hall–Kier alpha value is -1.51. The zero-order valence-corrected chi connectivity index (χ0v) is 19.8. The Morgan fingerprint density at radius 3 is 1.63 bits per heavy atom. The second kappa shape index (κ2) is 18.3. The van der Waals surface area contributed by atoms with E-state index in [1.54, 1.807) is 6.07 Å². The van der Waals surface area contributed by atoms with Crippen molar-refractivity contribution >= 4 is 11.6 Å². The van der Waals surface area contributed by atoms with Crippen LogP contribution in [0.25, 0.3) is 0 Å². The Morgan fingerprint density at radius 1 is 0.733 bits per heavy atom. The molecule has 0 aliphatic carbocycles. The number of rotatable bonds is 19. The van der Waals surface area contributed by atoms with Gasteiger partial charge in [0, 0.05) is 6.42 Å². The monoisotopic (exact) mass is 417 g/mol. The molecule has 0 fully saturated rings. The molecule has 0 aliphatic rings. The van der Waals surface area contributed by atoms with Gasteiger partial charge in [0.2, 0.25) is 5.91 Å². The van der Waals surface area contributed by atoms with Crippen LogP contribution >= 0.6 is 0 Å². The van der Waals surface area contributed by atoms with Gasteiger partial charge in [-0.25, -0.2) is 0 Å². The molecule has 0 saturated carbocycles. The minimum atomic E-state index is -0.00291. The number of anilines is 1. The molecule has 1 amide bonds. The lowest BCUT2D eigenvalue weighted by atomic mass is 10.0. The topological polar surface area (TPSA) is 49.3 Å². The molecular weight excluding hydrogens is 370 g/mol. The first-order chi connectivity index (χ1) is 14.6. The standard InChI is InChI=1S/C27H47NO2/c1-3-4-5-6-7-8-9-10-11-12-13-14-15-16-17-18-19-20-27(30)28-25-23-24(2)21-22-26(25)29/h21-23,29H,3-20H2,1-2H3,(H,28,30). The van der Waals surface area contributed by atoms with E-state index in [-0.39, 0.29) is 11.7 Å². The van der Waals surface area contributed by atoms with Crippen molar-refractivity contribution in [1.29, 1.82) is 0 Å². The van der Waals surface area contributed by atoms with Crippen molar-refractivity contribution in [3.8, 4) is 5.75 Å². The van der Waals surface area contributed by atoms with Gasteiger partial charge in [0.25, 0.3) is 0 Å². The van der Waals surface area contributed by atoms with Crippen molar-refractivity contribution in [2.75, 3.05) is 5.32 Å². The van der Waals surface area contributed by atoms with Gasteiger partial charge < -0.3 is 10.4 Å². The number of hydrogen-bond donors (Lipinski definition) is 2. The highest BCUT2D eigenvalue weighted by atomic mass is 16.3. The highest BCUT2D eigenvalue weighted by molar-refractivity contribution is 5.92. The second-order valence-corrected chi connectivity index (χ2v) is 8.98. The number of amides is 1. The van der Waals surface area contributed by atoms with Crippen molar-refractivity contribution in [3.63, 3.8) is 0 Å². The molecule has 0 radical (unpaired) electrons. The fraction of sp³-hybridized carbons (Fsp3) is 0.741. The van der Waals surface area contributed by atoms with E-state index in [1.807, 2.05) is 19.1 Å². The normalized spacial score (nSPS) is 11.0. The third-order valence-electron chi connectivity index (χ3n) is 5.93. The van der Waals surface area contributed by atoms with E-state index >= 15 is 0 Å². The van der Waals surface area contributed by atoms with Crippen LogP contribution in [0.4, 0.5) is 5.69 Å². The van der Waals surface area contributed by atoms with E-state index in [4.69, 9.17) is 0 Å². The minimum absolute atomic E-state index is 0.00291. The number of aromatic hydroxyl groups is 1. The van der Waals surface area contributed by atoms with E-state index in [0.717, 1.165) is 18.4 Å². The van der Waals surface area contributed by atoms with Gasteiger partial charge in [-0.05, 0) is 31.0 Å². The van der Waals surface area contributed by atoms with Gasteiger partial charge in [0.1, 0.15) is 5.75 Å². The molecule has 30 heavy (non-hydrogen) atoms. The van der Waals surface area contributed by atoms with Crippen molar-refractivity contribution in [1.82, 2.24) is 0 Å². The fourth-order valence-corrected chi connectivity index (χ4v) is 3.97. The quantitative estimate of drug-likeness (QED) is 0.175. The lowest BCUT2D eigenvalue weighted by molar-refractivity contribution is -0.116. The number of aryl methyl sites for hydroxylation is 1. The van der Waals surface area contributed by atoms with Gasteiger partial charge >= 0.3 is 0 Å². The number of hydrogen-bond acceptors (Lipinski definition) is 2. The summed E-state index contributed by atoms with van der Waals surface area (Å²) in [5, 5.41) is 12.6. The molecule has 2 N–H and O–H groups in total. The van der Waals surface area contributed by atoms with Gasteiger partial charge in [-0.15, -0.1) is 0 Å². The molecule has 1 aromatic carbocycles. The lowest BCUT2D eigenvalue weighted by Crippen LogP contribution is -2.11. The number of benzene rings is 1. The molecule has 0 atom stereocenters. The lowest BCUT2D eigenvalue weighted by Gasteiger charge is -2.08. The van der Waals surface area contributed by atoms with Crippen molar-refractivity contribution in [3.05, 3.63) is 23.8 Å². The van der Waals surface area contributed by atoms with Crippen molar-refractivity contribution in [2.24, 2.45) is 0 Å². The third kappa shape index (κ3) is 14.5. The predicted octanol–water partition coefficient (Wildman–Crippen LogP) is 8.68. The summed E-state index contributed by atoms with van der Waals surface area (Å²) >= 11 is 0. The maximum absolute atomic E-state index is 12.0. The zero-order valence-electron chi connectivity index (χ0n) is 19.8. The average Bonchev–Trinajstić information content (AvgIpc) is 2.73. The zero-order chi connectivity index (χ0) is 21.9. The molecule has 0 unspecified atom stereocenters. The van der Waals surface area contributed by atoms with Gasteiger partial charge in [0.05, 0.1) is 5.69 Å². The van der Waals surface area contributed by atoms with Gasteiger partial charge in [-0.2, -0.15) is 0 Å². The molecule has 0 heterocycles. The van der Waals surface area contributed by atoms with E-state index < -0.39 is 0 Å². The summed E-state index contributed by atoms with van der Waals surface area (Å²) in [6.45, 7) is 4.23. The van der Waals surface area contributed by atoms with Crippen LogP contribution in [0.3, 0.4) is 0 Å². The van der Waals surface area contributed by atoms with Crippen LogP contribution in [-0.4, -0.2) is 11.0 Å². The molecule has 3 nitrogen and oxygen atoms in total. The smallest absolute Gasteiger partial charge is 0.224 e. The van der Waals surface area contributed by atoms with E-state index in [2.05, 4.69) is 12.2 Å². The Labute approximate surface area is 186 Å². The number of carbonyl (C=O) groups excluding carboxylic acids is 1. The Morgan fingerprint density at radius 2 is 1.17 bits per heavy atom. The van der Waals surface area contributed by atoms with Gasteiger partial charge in [-0.3, -0.25) is 4.79 Å². The number of phenolic OH excluding ortho intramolecular Hbond substituents is 1. The molecule has 0 bridgehead atoms. The summed E-state index contributed by atoms with van der Waals surface area (Å²) in [6.07, 6.45) is 23.4. The summed E-state index contributed by atoms with van der Waals surface area (Å²) in [5.74, 6) is 0.133. The highest BCUT2D eigenvalue weighted by Crippen LogP contribution is 2.24. The molecule has 0 spiro atoms. The highest BCUT2D eigenvalue weighted by Gasteiger charge is 2.06. The molecule has 1 aromatic rings. The summed E-state index contributed by atoms with van der Waals surface area (Å²) in [4.78, 5) is 12.0. The van der Waals surface area contributed by atoms with Gasteiger partial charge in [0.15, 0.2) is 0 Å². The molecule has 0 saturated heterocycles. The fourth-order valence-electron chi connectivity index (χ4n) is 3.97. The van der Waals surface area contributed by atoms with Crippen LogP contribution in [0.15, 0.2) is 18.2 Å². The van der Waals surface area contributed by atoms with Crippen molar-refractivity contribution in [2.45, 2.75) is 129 Å². The summed E-state index contributed by atoms with van der Waals surface area (Å²) in [5.41, 5.74) is 1.55. The van der Waals surface area contributed by atoms with Crippen LogP contribution in [0, 0.1) is 6.92 Å². The molecule has 172 valence electrons. The first-order valence-electron chi connectivity index (χ1n) is 12.7. The number of phenols is 1. The predicted molar refractivity (Wildman–Crippen MR) is 130 cm³/mol. The van der Waals surface area contributed by atoms with Crippen LogP contribution in [0.5, 0.6) is 5.75 Å². The largest absolute Gasteiger partial charge is 0.506 e. The molecule has 1 rings (SSSR count). The number of unbranched alkanes of at least 4 members (excludes halogenated alkanes) is 16. The number of carbonyl (C=O) groups is 1. The maximum Gasteiger partial charge on any atom is 0.224 e. The Bertz CT molecular complexity index is 556. The van der Waals surface area contributed by atoms with E-state index in [0.29, 0.717) is 12.1 Å². The van der Waals surface area contributed by atoms with Crippen LogP contribution in [0.1, 0.15) is 128 Å². The summed E-state index contributed by atoms with van der Waals surface area (Å²) in [7, 11) is 0. The molecule has 0 aliphatic heterocycles. The summed E-state index contributed by atoms with van der Waals surface area (Å²) in [6, 6.07) is 5.27. The average molecular weight is 418 g/mol. The maximum atomic E-state index is 12.0. The first kappa shape index (κ1) is 26.5. The van der Waals surface area contributed by atoms with E-state index in [9.17, 15) is 9.90 Å². The molecule has 3 heteroatoms. The number of nitrogens with one attached hydrogen (secondary N) is 1.